The number of hydrogen-bond donors (Lipinski definition) is 5. The van der Waals surface area contributed by atoms with Crippen LogP contribution in [0.1, 0.15) is 105 Å². The summed E-state index contributed by atoms with van der Waals surface area (Å²) in [4.78, 5) is 13.4. The minimum atomic E-state index is -0.0403. The molecule has 1 amide bonds. The molecule has 40 heavy (non-hydrogen) atoms. The minimum Gasteiger partial charge on any atom is -0.382 e. The summed E-state index contributed by atoms with van der Waals surface area (Å²) >= 11 is 4.95. The minimum absolute atomic E-state index is 0.0185. The largest absolute Gasteiger partial charge is 0.382 e. The number of carbonyl (C=O) groups is 1. The van der Waals surface area contributed by atoms with Crippen molar-refractivity contribution in [2.24, 2.45) is 57.0 Å². The number of fused-ring (bicyclic) bond motifs is 8. The van der Waals surface area contributed by atoms with Gasteiger partial charge in [0.15, 0.2) is 5.11 Å². The van der Waals surface area contributed by atoms with Crippen molar-refractivity contribution in [3.63, 3.8) is 0 Å². The number of nitrogens with one attached hydrogen (secondary N) is 3. The topological polar surface area (TPSA) is 122 Å². The molecule has 3 fully saturated rings. The van der Waals surface area contributed by atoms with Crippen molar-refractivity contribution in [1.82, 2.24) is 21.0 Å². The second-order valence-electron chi connectivity index (χ2n) is 16.1. The van der Waals surface area contributed by atoms with Gasteiger partial charge in [-0.3, -0.25) is 20.7 Å². The van der Waals surface area contributed by atoms with Crippen LogP contribution in [0.2, 0.25) is 0 Å². The average molecular weight is 567 g/mol. The SMILES string of the molecule is CC1(C)CC2C3=CCC4[C@@]5(C)Cc6c(N)n[nH]c6C(C)(C)C5CC[C@@]4(C)[C@]3(C)CC[C@@H]2[C@H](C(=O)NNC(N)=S)C1. The predicted octanol–water partition coefficient (Wildman–Crippen LogP) is 5.53. The smallest absolute Gasteiger partial charge is 0.241 e. The summed E-state index contributed by atoms with van der Waals surface area (Å²) in [5.74, 6) is 2.64. The van der Waals surface area contributed by atoms with Gasteiger partial charge in [0.1, 0.15) is 5.82 Å². The van der Waals surface area contributed by atoms with Crippen molar-refractivity contribution in [1.29, 1.82) is 0 Å². The Hall–Kier alpha value is -2.09. The summed E-state index contributed by atoms with van der Waals surface area (Å²) in [6.07, 6.45) is 11.5. The van der Waals surface area contributed by atoms with Crippen molar-refractivity contribution in [2.75, 3.05) is 5.73 Å². The van der Waals surface area contributed by atoms with Crippen LogP contribution in [-0.4, -0.2) is 21.2 Å². The zero-order chi connectivity index (χ0) is 29.0. The molecule has 1 aromatic rings. The average Bonchev–Trinajstić information content (AvgIpc) is 3.22. The van der Waals surface area contributed by atoms with Crippen LogP contribution >= 0.6 is 12.2 Å². The number of aromatic nitrogens is 2. The Kier molecular flexibility index (Phi) is 6.11. The summed E-state index contributed by atoms with van der Waals surface area (Å²) in [5.41, 5.74) is 22.4. The molecule has 0 aliphatic heterocycles. The van der Waals surface area contributed by atoms with Crippen LogP contribution in [0, 0.1) is 51.2 Å². The molecule has 3 saturated carbocycles. The van der Waals surface area contributed by atoms with Crippen LogP contribution in [-0.2, 0) is 16.6 Å². The highest BCUT2D eigenvalue weighted by Gasteiger charge is 2.67. The fraction of sp³-hybridized carbons (Fsp3) is 0.781. The first-order valence-electron chi connectivity index (χ1n) is 15.4. The van der Waals surface area contributed by atoms with E-state index in [1.807, 2.05) is 0 Å². The van der Waals surface area contributed by atoms with Crippen LogP contribution in [0.3, 0.4) is 0 Å². The van der Waals surface area contributed by atoms with Crippen molar-refractivity contribution in [2.45, 2.75) is 105 Å². The molecule has 5 aliphatic carbocycles. The van der Waals surface area contributed by atoms with E-state index in [0.29, 0.717) is 29.5 Å². The molecule has 1 heterocycles. The Morgan fingerprint density at radius 2 is 1.77 bits per heavy atom. The number of thiocarbonyl (C=S) groups is 1. The van der Waals surface area contributed by atoms with Crippen molar-refractivity contribution >= 4 is 29.1 Å². The second kappa shape index (κ2) is 8.71. The molecule has 0 spiro atoms. The third-order valence-corrected chi connectivity index (χ3v) is 13.5. The highest BCUT2D eigenvalue weighted by atomic mass is 32.1. The molecule has 0 saturated heterocycles. The van der Waals surface area contributed by atoms with Crippen LogP contribution in [0.4, 0.5) is 5.82 Å². The number of carbonyl (C=O) groups excluding carboxylic acids is 1. The number of H-pyrrole nitrogens is 1. The summed E-state index contributed by atoms with van der Waals surface area (Å²) in [6.45, 7) is 17.3. The molecule has 0 aromatic carbocycles. The monoisotopic (exact) mass is 566 g/mol. The van der Waals surface area contributed by atoms with E-state index in [-0.39, 0.29) is 44.0 Å². The van der Waals surface area contributed by atoms with Gasteiger partial charge in [0.25, 0.3) is 0 Å². The van der Waals surface area contributed by atoms with Crippen LogP contribution in [0.25, 0.3) is 0 Å². The Labute approximate surface area is 245 Å². The maximum atomic E-state index is 13.4. The van der Waals surface area contributed by atoms with Gasteiger partial charge in [-0.15, -0.1) is 0 Å². The van der Waals surface area contributed by atoms with Gasteiger partial charge < -0.3 is 11.5 Å². The third-order valence-electron chi connectivity index (χ3n) is 13.4. The summed E-state index contributed by atoms with van der Waals surface area (Å²) in [6, 6.07) is 0. The quantitative estimate of drug-likeness (QED) is 0.173. The van der Waals surface area contributed by atoms with E-state index in [1.165, 1.54) is 24.1 Å². The van der Waals surface area contributed by atoms with E-state index >= 15 is 0 Å². The number of nitrogens with two attached hydrogens (primary N) is 2. The molecule has 1 aromatic heterocycles. The second-order valence-corrected chi connectivity index (χ2v) is 16.6. The lowest BCUT2D eigenvalue weighted by Crippen LogP contribution is -2.64. The van der Waals surface area contributed by atoms with Crippen LogP contribution < -0.4 is 22.3 Å². The summed E-state index contributed by atoms with van der Waals surface area (Å²) < 4.78 is 0. The lowest BCUT2D eigenvalue weighted by Gasteiger charge is -2.70. The number of allylic oxidation sites excluding steroid dienone is 2. The Morgan fingerprint density at radius 3 is 2.48 bits per heavy atom. The molecule has 7 nitrogen and oxygen atoms in total. The van der Waals surface area contributed by atoms with E-state index in [4.69, 9.17) is 23.7 Å². The molecule has 5 aliphatic rings. The lowest BCUT2D eigenvalue weighted by atomic mass is 9.34. The number of nitrogen functional groups attached to an aromatic ring is 1. The first-order chi connectivity index (χ1) is 18.5. The van der Waals surface area contributed by atoms with Gasteiger partial charge in [-0.1, -0.05) is 60.1 Å². The maximum Gasteiger partial charge on any atom is 0.241 e. The van der Waals surface area contributed by atoms with E-state index < -0.39 is 0 Å². The number of nitrogens with zero attached hydrogens (tertiary/aromatic N) is 1. The van der Waals surface area contributed by atoms with Crippen LogP contribution in [0.5, 0.6) is 0 Å². The zero-order valence-corrected chi connectivity index (χ0v) is 26.4. The standard InChI is InChI=1S/C32H50N6OS/c1-28(2)14-18-17(19(15-28)26(39)37-38-27(34)40)10-12-31(6)21(18)8-9-23-30(5)16-20-24(35-36-25(20)33)29(3,4)22(30)11-13-32(23,31)7/h8,17-19,22-23H,9-16H2,1-7H3,(H,37,39)(H3,33,35,36)(H3,34,38,40)/t17-,18?,19+,22?,23?,30-,31+,32+/m0/s1. The summed E-state index contributed by atoms with van der Waals surface area (Å²) in [5, 5.41) is 7.91. The predicted molar refractivity (Wildman–Crippen MR) is 164 cm³/mol. The highest BCUT2D eigenvalue weighted by Crippen LogP contribution is 2.74. The number of rotatable bonds is 1. The molecule has 8 atom stereocenters. The fourth-order valence-corrected chi connectivity index (χ4v) is 11.6. The third kappa shape index (κ3) is 3.69. The highest BCUT2D eigenvalue weighted by molar-refractivity contribution is 7.80. The van der Waals surface area contributed by atoms with E-state index in [2.05, 4.69) is 75.6 Å². The Balaban J connectivity index is 1.38. The van der Waals surface area contributed by atoms with Gasteiger partial charge in [0.2, 0.25) is 5.91 Å². The molecule has 8 heteroatoms. The van der Waals surface area contributed by atoms with Crippen molar-refractivity contribution in [3.05, 3.63) is 22.9 Å². The number of hydrazine groups is 1. The van der Waals surface area contributed by atoms with Crippen LogP contribution in [0.15, 0.2) is 11.6 Å². The number of anilines is 1. The van der Waals surface area contributed by atoms with Crippen molar-refractivity contribution in [3.8, 4) is 0 Å². The van der Waals surface area contributed by atoms with E-state index in [1.54, 1.807) is 5.57 Å². The normalized spacial score (nSPS) is 42.6. The van der Waals surface area contributed by atoms with Gasteiger partial charge in [-0.2, -0.15) is 5.10 Å². The van der Waals surface area contributed by atoms with Gasteiger partial charge in [-0.25, -0.2) is 0 Å². The lowest BCUT2D eigenvalue weighted by molar-refractivity contribution is -0.157. The van der Waals surface area contributed by atoms with Gasteiger partial charge in [0.05, 0.1) is 0 Å². The molecular formula is C32H50N6OS. The Morgan fingerprint density at radius 1 is 1.05 bits per heavy atom. The molecule has 220 valence electrons. The molecule has 0 radical (unpaired) electrons. The fourth-order valence-electron chi connectivity index (χ4n) is 11.5. The van der Waals surface area contributed by atoms with Gasteiger partial charge in [-0.05, 0) is 109 Å². The number of amides is 1. The molecule has 7 N–H and O–H groups in total. The van der Waals surface area contributed by atoms with Gasteiger partial charge in [0, 0.05) is 22.6 Å². The molecule has 0 bridgehead atoms. The first-order valence-corrected chi connectivity index (χ1v) is 15.8. The zero-order valence-electron chi connectivity index (χ0n) is 25.5. The first kappa shape index (κ1) is 28.0. The van der Waals surface area contributed by atoms with E-state index in [9.17, 15) is 4.79 Å². The molecule has 6 rings (SSSR count). The Bertz CT molecular complexity index is 1280. The van der Waals surface area contributed by atoms with E-state index in [0.717, 1.165) is 38.5 Å². The molecule has 3 unspecified atom stereocenters. The molecular weight excluding hydrogens is 516 g/mol. The number of aromatic amines is 1. The summed E-state index contributed by atoms with van der Waals surface area (Å²) in [7, 11) is 0. The number of hydrogen-bond acceptors (Lipinski definition) is 4. The van der Waals surface area contributed by atoms with Crippen molar-refractivity contribution < 1.29 is 4.79 Å². The van der Waals surface area contributed by atoms with Gasteiger partial charge >= 0.3 is 0 Å². The maximum absolute atomic E-state index is 13.4.